The van der Waals surface area contributed by atoms with E-state index in [1.807, 2.05) is 21.2 Å². The van der Waals surface area contributed by atoms with Crippen molar-refractivity contribution in [2.24, 2.45) is 0 Å². The van der Waals surface area contributed by atoms with Crippen LogP contribution in [-0.2, 0) is 0 Å². The molecule has 0 aliphatic rings. The van der Waals surface area contributed by atoms with Crippen molar-refractivity contribution in [1.29, 1.82) is 0 Å². The first-order valence-electron chi connectivity index (χ1n) is 4.20. The zero-order chi connectivity index (χ0) is 9.42. The van der Waals surface area contributed by atoms with E-state index in [1.54, 1.807) is 0 Å². The molecule has 0 aliphatic heterocycles. The van der Waals surface area contributed by atoms with Crippen molar-refractivity contribution >= 4 is 33.9 Å². The van der Waals surface area contributed by atoms with Gasteiger partial charge >= 0.3 is 0 Å². The van der Waals surface area contributed by atoms with E-state index >= 15 is 0 Å². The molecule has 0 atom stereocenters. The first kappa shape index (κ1) is 8.93. The third kappa shape index (κ3) is 1.43. The molecule has 2 heterocycles. The quantitative estimate of drug-likeness (QED) is 0.755. The SMILES string of the molecule is CC(C)c1nn(I)c2cccnc12. The molecule has 0 N–H and O–H groups in total. The van der Waals surface area contributed by atoms with Crippen molar-refractivity contribution in [3.05, 3.63) is 24.0 Å². The fraction of sp³-hybridized carbons (Fsp3) is 0.333. The van der Waals surface area contributed by atoms with Gasteiger partial charge in [0, 0.05) is 6.20 Å². The van der Waals surface area contributed by atoms with E-state index in [9.17, 15) is 0 Å². The van der Waals surface area contributed by atoms with E-state index in [2.05, 4.69) is 46.8 Å². The molecular formula is C9H10IN3. The maximum absolute atomic E-state index is 4.43. The van der Waals surface area contributed by atoms with Gasteiger partial charge < -0.3 is 0 Å². The second-order valence-corrected chi connectivity index (χ2v) is 4.19. The molecule has 2 rings (SSSR count). The number of rotatable bonds is 1. The van der Waals surface area contributed by atoms with Crippen LogP contribution in [0.25, 0.3) is 11.0 Å². The van der Waals surface area contributed by atoms with Crippen LogP contribution in [0, 0.1) is 0 Å². The molecule has 0 saturated carbocycles. The third-order valence-electron chi connectivity index (χ3n) is 1.97. The Balaban J connectivity index is 2.78. The molecule has 2 aromatic heterocycles. The lowest BCUT2D eigenvalue weighted by Crippen LogP contribution is -1.89. The second kappa shape index (κ2) is 3.25. The number of pyridine rings is 1. The predicted molar refractivity (Wildman–Crippen MR) is 61.0 cm³/mol. The van der Waals surface area contributed by atoms with Crippen LogP contribution in [0.1, 0.15) is 25.5 Å². The van der Waals surface area contributed by atoms with Crippen molar-refractivity contribution in [1.82, 2.24) is 13.0 Å². The number of fused-ring (bicyclic) bond motifs is 1. The number of nitrogens with zero attached hydrogens (tertiary/aromatic N) is 3. The zero-order valence-corrected chi connectivity index (χ0v) is 9.69. The van der Waals surface area contributed by atoms with Crippen LogP contribution in [0.15, 0.2) is 18.3 Å². The van der Waals surface area contributed by atoms with E-state index < -0.39 is 0 Å². The highest BCUT2D eigenvalue weighted by Gasteiger charge is 2.12. The van der Waals surface area contributed by atoms with Crippen LogP contribution in [-0.4, -0.2) is 13.0 Å². The summed E-state index contributed by atoms with van der Waals surface area (Å²) in [5.74, 6) is 0.424. The number of halogens is 1. The highest BCUT2D eigenvalue weighted by Crippen LogP contribution is 2.23. The molecule has 0 saturated heterocycles. The average molecular weight is 287 g/mol. The Bertz CT molecular complexity index is 433. The highest BCUT2D eigenvalue weighted by atomic mass is 127. The standard InChI is InChI=1S/C9H10IN3/c1-6(2)8-9-7(13(10)12-8)4-3-5-11-9/h3-6H,1-2H3. The van der Waals surface area contributed by atoms with Gasteiger partial charge in [0.1, 0.15) is 5.52 Å². The van der Waals surface area contributed by atoms with Gasteiger partial charge in [-0.1, -0.05) is 13.8 Å². The molecule has 68 valence electrons. The van der Waals surface area contributed by atoms with Crippen LogP contribution in [0.2, 0.25) is 0 Å². The molecule has 0 aromatic carbocycles. The minimum absolute atomic E-state index is 0.424. The Kier molecular flexibility index (Phi) is 2.23. The lowest BCUT2D eigenvalue weighted by Gasteiger charge is -1.97. The molecule has 0 amide bonds. The summed E-state index contributed by atoms with van der Waals surface area (Å²) in [4.78, 5) is 4.34. The van der Waals surface area contributed by atoms with Crippen molar-refractivity contribution in [2.75, 3.05) is 0 Å². The van der Waals surface area contributed by atoms with E-state index in [0.717, 1.165) is 16.7 Å². The molecule has 0 bridgehead atoms. The number of hydrogen-bond acceptors (Lipinski definition) is 2. The molecule has 0 aliphatic carbocycles. The van der Waals surface area contributed by atoms with E-state index in [0.29, 0.717) is 5.92 Å². The van der Waals surface area contributed by atoms with Gasteiger partial charge in [-0.05, 0) is 18.1 Å². The fourth-order valence-electron chi connectivity index (χ4n) is 1.33. The van der Waals surface area contributed by atoms with E-state index in [1.165, 1.54) is 0 Å². The smallest absolute Gasteiger partial charge is 0.113 e. The molecule has 3 nitrogen and oxygen atoms in total. The average Bonchev–Trinajstić information content (AvgIpc) is 2.45. The monoisotopic (exact) mass is 287 g/mol. The Hall–Kier alpha value is -0.650. The number of hydrogen-bond donors (Lipinski definition) is 0. The summed E-state index contributed by atoms with van der Waals surface area (Å²) in [7, 11) is 0. The summed E-state index contributed by atoms with van der Waals surface area (Å²) in [5, 5.41) is 4.43. The van der Waals surface area contributed by atoms with Gasteiger partial charge in [-0.2, -0.15) is 5.10 Å². The minimum Gasteiger partial charge on any atom is -0.253 e. The Labute approximate surface area is 90.7 Å². The van der Waals surface area contributed by atoms with Crippen LogP contribution >= 0.6 is 22.9 Å². The molecular weight excluding hydrogens is 277 g/mol. The van der Waals surface area contributed by atoms with Gasteiger partial charge in [-0.3, -0.25) is 4.98 Å². The van der Waals surface area contributed by atoms with Gasteiger partial charge in [0.05, 0.1) is 34.1 Å². The summed E-state index contributed by atoms with van der Waals surface area (Å²) in [5.41, 5.74) is 3.18. The molecule has 4 heteroatoms. The Morgan fingerprint density at radius 2 is 2.23 bits per heavy atom. The predicted octanol–water partition coefficient (Wildman–Crippen LogP) is 2.75. The lowest BCUT2D eigenvalue weighted by atomic mass is 10.1. The first-order chi connectivity index (χ1) is 6.20. The summed E-state index contributed by atoms with van der Waals surface area (Å²) in [6, 6.07) is 3.97. The minimum atomic E-state index is 0.424. The maximum atomic E-state index is 4.43. The fourth-order valence-corrected chi connectivity index (χ4v) is 1.95. The van der Waals surface area contributed by atoms with Gasteiger partial charge in [0.15, 0.2) is 0 Å². The third-order valence-corrected chi connectivity index (χ3v) is 2.71. The highest BCUT2D eigenvalue weighted by molar-refractivity contribution is 14.1. The molecule has 13 heavy (non-hydrogen) atoms. The molecule has 0 radical (unpaired) electrons. The second-order valence-electron chi connectivity index (χ2n) is 3.27. The largest absolute Gasteiger partial charge is 0.253 e. The van der Waals surface area contributed by atoms with Crippen LogP contribution < -0.4 is 0 Å². The van der Waals surface area contributed by atoms with Crippen LogP contribution in [0.4, 0.5) is 0 Å². The van der Waals surface area contributed by atoms with Gasteiger partial charge in [0.25, 0.3) is 0 Å². The van der Waals surface area contributed by atoms with E-state index in [4.69, 9.17) is 0 Å². The summed E-state index contributed by atoms with van der Waals surface area (Å²) in [6.45, 7) is 4.26. The van der Waals surface area contributed by atoms with Crippen LogP contribution in [0.5, 0.6) is 0 Å². The zero-order valence-electron chi connectivity index (χ0n) is 7.53. The first-order valence-corrected chi connectivity index (χ1v) is 5.16. The molecule has 0 fully saturated rings. The van der Waals surface area contributed by atoms with Crippen molar-refractivity contribution in [2.45, 2.75) is 19.8 Å². The Morgan fingerprint density at radius 3 is 2.92 bits per heavy atom. The summed E-state index contributed by atoms with van der Waals surface area (Å²) >= 11 is 2.18. The van der Waals surface area contributed by atoms with Gasteiger partial charge in [-0.25, -0.2) is 2.90 Å². The maximum Gasteiger partial charge on any atom is 0.113 e. The van der Waals surface area contributed by atoms with Crippen LogP contribution in [0.3, 0.4) is 0 Å². The van der Waals surface area contributed by atoms with Crippen molar-refractivity contribution in [3.63, 3.8) is 0 Å². The van der Waals surface area contributed by atoms with Gasteiger partial charge in [-0.15, -0.1) is 0 Å². The Morgan fingerprint density at radius 1 is 1.46 bits per heavy atom. The topological polar surface area (TPSA) is 30.7 Å². The molecule has 2 aromatic rings. The molecule has 0 unspecified atom stereocenters. The molecule has 0 spiro atoms. The van der Waals surface area contributed by atoms with Crippen molar-refractivity contribution < 1.29 is 0 Å². The number of aromatic nitrogens is 3. The lowest BCUT2D eigenvalue weighted by molar-refractivity contribution is 0.811. The summed E-state index contributed by atoms with van der Waals surface area (Å²) < 4.78 is 1.86. The van der Waals surface area contributed by atoms with Crippen molar-refractivity contribution in [3.8, 4) is 0 Å². The van der Waals surface area contributed by atoms with Gasteiger partial charge in [0.2, 0.25) is 0 Å². The summed E-state index contributed by atoms with van der Waals surface area (Å²) in [6.07, 6.45) is 1.81. The van der Waals surface area contributed by atoms with E-state index in [-0.39, 0.29) is 0 Å². The normalized spacial score (nSPS) is 11.4.